The minimum atomic E-state index is 0.300. The fraction of sp³-hybridized carbons (Fsp3) is 0.0397. The van der Waals surface area contributed by atoms with Crippen LogP contribution in [0.5, 0.6) is 0 Å². The Labute approximate surface area is 786 Å². The Balaban J connectivity index is 0.000000118. The average molecular weight is 1730 g/mol. The van der Waals surface area contributed by atoms with Crippen LogP contribution in [0.25, 0.3) is 208 Å². The molecule has 0 saturated heterocycles. The number of benzene rings is 18. The summed E-state index contributed by atoms with van der Waals surface area (Å²) in [4.78, 5) is 45.2. The van der Waals surface area contributed by atoms with Gasteiger partial charge in [-0.05, 0) is 221 Å². The molecule has 3 aliphatic carbocycles. The van der Waals surface area contributed by atoms with E-state index in [-0.39, 0.29) is 0 Å². The first kappa shape index (κ1) is 83.1. The summed E-state index contributed by atoms with van der Waals surface area (Å²) >= 11 is 0. The molecule has 3 aromatic heterocycles. The topological polar surface area (TPSA) is 116 Å². The van der Waals surface area contributed by atoms with E-state index in [2.05, 4.69) is 324 Å². The van der Waals surface area contributed by atoms with Crippen molar-refractivity contribution in [3.63, 3.8) is 0 Å². The smallest absolute Gasteiger partial charge is 0.164 e. The number of fused-ring (bicyclic) bond motifs is 2. The van der Waals surface area contributed by atoms with E-state index in [4.69, 9.17) is 44.9 Å². The summed E-state index contributed by atoms with van der Waals surface area (Å²) in [6.07, 6.45) is 14.7. The summed E-state index contributed by atoms with van der Waals surface area (Å²) in [6, 6.07) is 151. The van der Waals surface area contributed by atoms with Crippen molar-refractivity contribution in [1.29, 1.82) is 0 Å². The van der Waals surface area contributed by atoms with E-state index in [1.165, 1.54) is 88.3 Å². The van der Waals surface area contributed by atoms with Crippen molar-refractivity contribution in [1.82, 2.24) is 44.9 Å². The van der Waals surface area contributed by atoms with Gasteiger partial charge in [-0.1, -0.05) is 417 Å². The van der Waals surface area contributed by atoms with Crippen LogP contribution in [0.1, 0.15) is 39.3 Å². The SMILES string of the molecule is Cc1ccc(-c2cc(-c3cccc(-c4ccccc4)c3)cc(-c3nc(-c4ccccc4)nc(-c4ccccc4)n3)c2)cc1.Cc1ccc(-c2cc(-c3nc(-c4ccccc4)nc(-c4ccccc4)n3)cc(-c3c4ccccc4cc4ccccc34)c2)cc1.Cc1ccc(-c2cc(-c3nc(-c4ccccc4)nc(-c4ccccc4)n3)cc(-c3ccc4c5c3C=CC3=CC=CC(=CC4)C35)c2)cc1. The normalized spacial score (nSPS) is 12.6. The summed E-state index contributed by atoms with van der Waals surface area (Å²) in [5.74, 6) is 6.16. The van der Waals surface area contributed by atoms with Gasteiger partial charge in [0.25, 0.3) is 0 Å². The van der Waals surface area contributed by atoms with Crippen LogP contribution in [0.4, 0.5) is 0 Å². The number of nitrogens with zero attached hydrogens (tertiary/aromatic N) is 9. The lowest BCUT2D eigenvalue weighted by Crippen LogP contribution is -2.17. The maximum Gasteiger partial charge on any atom is 0.164 e. The first-order chi connectivity index (χ1) is 66.6. The summed E-state index contributed by atoms with van der Waals surface area (Å²) < 4.78 is 0. The van der Waals surface area contributed by atoms with Crippen LogP contribution in [-0.4, -0.2) is 44.9 Å². The van der Waals surface area contributed by atoms with E-state index in [1.807, 2.05) is 164 Å². The van der Waals surface area contributed by atoms with Gasteiger partial charge in [0, 0.05) is 56.0 Å². The third kappa shape index (κ3) is 17.7. The van der Waals surface area contributed by atoms with Crippen LogP contribution >= 0.6 is 0 Å². The summed E-state index contributed by atoms with van der Waals surface area (Å²) in [5, 5.41) is 4.86. The first-order valence-corrected chi connectivity index (χ1v) is 45.8. The molecular weight excluding hydrogens is 1640 g/mol. The predicted octanol–water partition coefficient (Wildman–Crippen LogP) is 31.6. The fourth-order valence-corrected chi connectivity index (χ4v) is 18.5. The molecule has 3 heterocycles. The van der Waals surface area contributed by atoms with Gasteiger partial charge in [-0.15, -0.1) is 0 Å². The molecule has 0 N–H and O–H groups in total. The highest BCUT2D eigenvalue weighted by molar-refractivity contribution is 6.13. The summed E-state index contributed by atoms with van der Waals surface area (Å²) in [6.45, 7) is 6.36. The highest BCUT2D eigenvalue weighted by atomic mass is 15.1. The van der Waals surface area contributed by atoms with E-state index in [0.29, 0.717) is 58.3 Å². The lowest BCUT2D eigenvalue weighted by molar-refractivity contribution is 0.893. The number of hydrogen-bond acceptors (Lipinski definition) is 9. The summed E-state index contributed by atoms with van der Waals surface area (Å²) in [7, 11) is 0. The van der Waals surface area contributed by atoms with E-state index >= 15 is 0 Å². The van der Waals surface area contributed by atoms with E-state index in [9.17, 15) is 0 Å². The van der Waals surface area contributed by atoms with E-state index in [0.717, 1.165) is 112 Å². The van der Waals surface area contributed by atoms with E-state index < -0.39 is 0 Å². The molecule has 0 aliphatic heterocycles. The van der Waals surface area contributed by atoms with Crippen LogP contribution in [-0.2, 0) is 6.42 Å². The zero-order valence-corrected chi connectivity index (χ0v) is 74.8. The number of allylic oxidation sites excluding steroid dienone is 7. The zero-order chi connectivity index (χ0) is 90.5. The van der Waals surface area contributed by atoms with Crippen molar-refractivity contribution in [3.8, 4) is 180 Å². The highest BCUT2D eigenvalue weighted by Gasteiger charge is 2.32. The maximum absolute atomic E-state index is 5.10. The number of aromatic nitrogens is 9. The average Bonchev–Trinajstić information content (AvgIpc) is 0.736. The minimum absolute atomic E-state index is 0.300. The van der Waals surface area contributed by atoms with Crippen molar-refractivity contribution in [2.75, 3.05) is 0 Å². The van der Waals surface area contributed by atoms with Gasteiger partial charge >= 0.3 is 0 Å². The molecule has 9 nitrogen and oxygen atoms in total. The molecule has 0 amide bonds. The standard InChI is InChI=1S/C44H31N3.C42H29N3.C40H29N3/c1-28-15-17-29(18-16-28)35-25-36(38-23-21-32-20-19-30-13-8-14-31-22-24-39(38)41(32)40(30)31)27-37(26-35)44-46-42(33-9-4-2-5-10-33)45-43(47-44)34-11-6-3-7-12-34;1-28-20-22-29(23-21-28)34-25-35(39-37-18-10-8-16-32(37)24-33-17-9-11-19-38(33)39)27-36(26-34)42-44-40(30-12-4-2-5-13-30)43-41(45-42)31-14-6-3-7-15-31;1-28-20-22-30(23-21-28)35-25-36(34-19-11-18-33(24-34)29-12-5-2-6-13-29)27-37(26-35)40-42-38(31-14-7-3-8-15-31)41-39(43-40)32-16-9-4-10-17-32/h2-19,21-27,40H,20H2,1H3;2-27H,1H3;2-27H,1H3. The Kier molecular flexibility index (Phi) is 22.9. The highest BCUT2D eigenvalue weighted by Crippen LogP contribution is 2.50. The number of aryl methyl sites for hydroxylation is 3. The minimum Gasteiger partial charge on any atom is -0.208 e. The molecule has 0 bridgehead atoms. The van der Waals surface area contributed by atoms with Gasteiger partial charge in [-0.3, -0.25) is 0 Å². The summed E-state index contributed by atoms with van der Waals surface area (Å²) in [5.41, 5.74) is 35.3. The molecule has 0 saturated carbocycles. The lowest BCUT2D eigenvalue weighted by atomic mass is 9.70. The zero-order valence-electron chi connectivity index (χ0n) is 74.8. The molecule has 0 radical (unpaired) electrons. The molecule has 18 aromatic carbocycles. The molecule has 1 atom stereocenters. The van der Waals surface area contributed by atoms with Crippen LogP contribution in [0.2, 0.25) is 0 Å². The Morgan fingerprint density at radius 3 is 0.889 bits per heavy atom. The molecule has 21 aromatic rings. The monoisotopic (exact) mass is 1730 g/mol. The second kappa shape index (κ2) is 37.1. The Hall–Kier alpha value is -17.5. The predicted molar refractivity (Wildman–Crippen MR) is 556 cm³/mol. The number of hydrogen-bond donors (Lipinski definition) is 0. The molecule has 1 unspecified atom stereocenters. The molecule has 3 aliphatic rings. The van der Waals surface area contributed by atoms with Crippen LogP contribution in [0.15, 0.2) is 472 Å². The Bertz CT molecular complexity index is 7920. The molecule has 9 heteroatoms. The van der Waals surface area contributed by atoms with Gasteiger partial charge in [-0.2, -0.15) is 0 Å². The second-order valence-corrected chi connectivity index (χ2v) is 34.6. The second-order valence-electron chi connectivity index (χ2n) is 34.6. The third-order valence-corrected chi connectivity index (χ3v) is 25.4. The lowest BCUT2D eigenvalue weighted by Gasteiger charge is -2.34. The third-order valence-electron chi connectivity index (χ3n) is 25.4. The maximum atomic E-state index is 5.10. The van der Waals surface area contributed by atoms with Crippen LogP contribution in [0.3, 0.4) is 0 Å². The Morgan fingerprint density at radius 1 is 0.207 bits per heavy atom. The van der Waals surface area contributed by atoms with Crippen molar-refractivity contribution in [2.45, 2.75) is 33.1 Å². The van der Waals surface area contributed by atoms with Crippen molar-refractivity contribution in [2.24, 2.45) is 0 Å². The molecule has 638 valence electrons. The van der Waals surface area contributed by atoms with Crippen LogP contribution in [0, 0.1) is 20.8 Å². The van der Waals surface area contributed by atoms with Gasteiger partial charge < -0.3 is 0 Å². The molecule has 0 spiro atoms. The van der Waals surface area contributed by atoms with Gasteiger partial charge in [0.1, 0.15) is 0 Å². The van der Waals surface area contributed by atoms with Crippen molar-refractivity contribution >= 4 is 27.6 Å². The van der Waals surface area contributed by atoms with E-state index in [1.54, 1.807) is 0 Å². The van der Waals surface area contributed by atoms with Gasteiger partial charge in [0.2, 0.25) is 0 Å². The molecule has 0 fully saturated rings. The quantitative estimate of drug-likeness (QED) is 0.0872. The van der Waals surface area contributed by atoms with Crippen LogP contribution < -0.4 is 0 Å². The van der Waals surface area contributed by atoms with Gasteiger partial charge in [0.05, 0.1) is 0 Å². The molecule has 135 heavy (non-hydrogen) atoms. The van der Waals surface area contributed by atoms with Crippen molar-refractivity contribution < 1.29 is 0 Å². The first-order valence-electron chi connectivity index (χ1n) is 45.8. The fourth-order valence-electron chi connectivity index (χ4n) is 18.5. The molecule has 24 rings (SSSR count). The van der Waals surface area contributed by atoms with Crippen molar-refractivity contribution in [3.05, 3.63) is 506 Å². The van der Waals surface area contributed by atoms with Gasteiger partial charge in [0.15, 0.2) is 52.4 Å². The molecular formula is C126H89N9. The van der Waals surface area contributed by atoms with Gasteiger partial charge in [-0.25, -0.2) is 44.9 Å². The Morgan fingerprint density at radius 2 is 0.496 bits per heavy atom. The largest absolute Gasteiger partial charge is 0.208 e. The number of rotatable bonds is 16.